The lowest BCUT2D eigenvalue weighted by molar-refractivity contribution is 0.206. The fourth-order valence-corrected chi connectivity index (χ4v) is 4.93. The molecule has 2 aliphatic rings. The van der Waals surface area contributed by atoms with Gasteiger partial charge in [0.25, 0.3) is 0 Å². The van der Waals surface area contributed by atoms with Gasteiger partial charge in [0.05, 0.1) is 11.5 Å². The summed E-state index contributed by atoms with van der Waals surface area (Å²) in [6, 6.07) is 0. The zero-order valence-electron chi connectivity index (χ0n) is 10.9. The molecule has 2 fully saturated rings. The Morgan fingerprint density at radius 3 is 2.53 bits per heavy atom. The van der Waals surface area contributed by atoms with Crippen LogP contribution in [-0.4, -0.2) is 57.0 Å². The number of hydrogen-bond acceptors (Lipinski definition) is 4. The van der Waals surface area contributed by atoms with E-state index < -0.39 is 9.84 Å². The van der Waals surface area contributed by atoms with E-state index in [0.29, 0.717) is 17.4 Å². The third-order valence-corrected chi connectivity index (χ3v) is 6.06. The minimum atomic E-state index is -2.79. The lowest BCUT2D eigenvalue weighted by Gasteiger charge is -2.32. The fraction of sp³-hybridized carbons (Fsp3) is 1.00. The quantitative estimate of drug-likeness (QED) is 0.802. The molecule has 0 aromatic heterocycles. The highest BCUT2D eigenvalue weighted by molar-refractivity contribution is 7.91. The van der Waals surface area contributed by atoms with Crippen LogP contribution in [0.4, 0.5) is 0 Å². The third kappa shape index (κ3) is 3.66. The molecule has 0 bridgehead atoms. The van der Waals surface area contributed by atoms with Gasteiger partial charge in [-0.3, -0.25) is 0 Å². The van der Waals surface area contributed by atoms with Crippen molar-refractivity contribution in [2.75, 3.05) is 38.2 Å². The summed E-state index contributed by atoms with van der Waals surface area (Å²) >= 11 is 0. The zero-order chi connectivity index (χ0) is 12.5. The minimum absolute atomic E-state index is 0.178. The summed E-state index contributed by atoms with van der Waals surface area (Å²) in [4.78, 5) is 2.36. The highest BCUT2D eigenvalue weighted by Gasteiger charge is 2.38. The second-order valence-corrected chi connectivity index (χ2v) is 8.21. The van der Waals surface area contributed by atoms with Crippen LogP contribution in [0.25, 0.3) is 0 Å². The molecule has 0 amide bonds. The largest absolute Gasteiger partial charge is 0.310 e. The van der Waals surface area contributed by atoms with Crippen molar-refractivity contribution in [2.24, 2.45) is 5.92 Å². The summed E-state index contributed by atoms with van der Waals surface area (Å²) < 4.78 is 23.0. The summed E-state index contributed by atoms with van der Waals surface area (Å²) in [6.07, 6.45) is 3.22. The molecule has 0 radical (unpaired) electrons. The van der Waals surface area contributed by atoms with Crippen LogP contribution in [0.15, 0.2) is 0 Å². The zero-order valence-corrected chi connectivity index (χ0v) is 11.7. The Morgan fingerprint density at radius 1 is 1.35 bits per heavy atom. The highest BCUT2D eigenvalue weighted by atomic mass is 32.2. The van der Waals surface area contributed by atoms with Crippen LogP contribution in [0.3, 0.4) is 0 Å². The standard InChI is InChI=1S/C12H24N2O2S/c1-12(5-8-17(15,16)10-12)13-9-11-3-6-14(2)7-4-11/h11,13H,3-10H2,1-2H3. The van der Waals surface area contributed by atoms with Crippen LogP contribution in [0, 0.1) is 5.92 Å². The normalized spacial score (nSPS) is 35.2. The van der Waals surface area contributed by atoms with Crippen LogP contribution in [0.1, 0.15) is 26.2 Å². The highest BCUT2D eigenvalue weighted by Crippen LogP contribution is 2.24. The molecular weight excluding hydrogens is 236 g/mol. The molecule has 0 aliphatic carbocycles. The van der Waals surface area contributed by atoms with Crippen molar-refractivity contribution in [3.8, 4) is 0 Å². The van der Waals surface area contributed by atoms with Gasteiger partial charge < -0.3 is 10.2 Å². The van der Waals surface area contributed by atoms with Crippen molar-refractivity contribution in [3.63, 3.8) is 0 Å². The second kappa shape index (κ2) is 4.86. The molecule has 2 aliphatic heterocycles. The van der Waals surface area contributed by atoms with Gasteiger partial charge in [0.1, 0.15) is 0 Å². The monoisotopic (exact) mass is 260 g/mol. The molecule has 1 atom stereocenters. The van der Waals surface area contributed by atoms with Crippen LogP contribution < -0.4 is 5.32 Å². The lowest BCUT2D eigenvalue weighted by Crippen LogP contribution is -2.47. The first-order valence-corrected chi connectivity index (χ1v) is 8.35. The molecule has 0 spiro atoms. The predicted octanol–water partition coefficient (Wildman–Crippen LogP) is 0.495. The van der Waals surface area contributed by atoms with Gasteiger partial charge in [0.15, 0.2) is 9.84 Å². The van der Waals surface area contributed by atoms with Crippen molar-refractivity contribution in [3.05, 3.63) is 0 Å². The van der Waals surface area contributed by atoms with Crippen LogP contribution in [-0.2, 0) is 9.84 Å². The maximum absolute atomic E-state index is 11.5. The SMILES string of the molecule is CN1CCC(CNC2(C)CCS(=O)(=O)C2)CC1. The van der Waals surface area contributed by atoms with Crippen molar-refractivity contribution >= 4 is 9.84 Å². The Labute approximate surface area is 105 Å². The van der Waals surface area contributed by atoms with Gasteiger partial charge in [-0.2, -0.15) is 0 Å². The van der Waals surface area contributed by atoms with E-state index in [-0.39, 0.29) is 5.54 Å². The molecule has 5 heteroatoms. The number of likely N-dealkylation sites (tertiary alicyclic amines) is 1. The Bertz CT molecular complexity index is 361. The Morgan fingerprint density at radius 2 is 2.00 bits per heavy atom. The van der Waals surface area contributed by atoms with Crippen molar-refractivity contribution < 1.29 is 8.42 Å². The summed E-state index contributed by atoms with van der Waals surface area (Å²) in [5.41, 5.74) is -0.178. The van der Waals surface area contributed by atoms with Gasteiger partial charge in [0.2, 0.25) is 0 Å². The Kier molecular flexibility index (Phi) is 3.80. The molecule has 0 aromatic rings. The molecule has 2 heterocycles. The summed E-state index contributed by atoms with van der Waals surface area (Å²) in [7, 11) is -0.625. The maximum Gasteiger partial charge on any atom is 0.152 e. The van der Waals surface area contributed by atoms with E-state index >= 15 is 0 Å². The van der Waals surface area contributed by atoms with E-state index in [4.69, 9.17) is 0 Å². The van der Waals surface area contributed by atoms with E-state index in [1.807, 2.05) is 6.92 Å². The first-order valence-electron chi connectivity index (χ1n) is 6.53. The number of hydrogen-bond donors (Lipinski definition) is 1. The van der Waals surface area contributed by atoms with Gasteiger partial charge in [0, 0.05) is 5.54 Å². The average Bonchev–Trinajstić information content (AvgIpc) is 2.53. The van der Waals surface area contributed by atoms with Gasteiger partial charge in [-0.15, -0.1) is 0 Å². The topological polar surface area (TPSA) is 49.4 Å². The summed E-state index contributed by atoms with van der Waals surface area (Å²) in [5, 5.41) is 3.50. The van der Waals surface area contributed by atoms with E-state index in [2.05, 4.69) is 17.3 Å². The van der Waals surface area contributed by atoms with E-state index in [1.165, 1.54) is 25.9 Å². The van der Waals surface area contributed by atoms with E-state index in [0.717, 1.165) is 13.0 Å². The van der Waals surface area contributed by atoms with Gasteiger partial charge in [-0.1, -0.05) is 0 Å². The van der Waals surface area contributed by atoms with Crippen LogP contribution in [0.2, 0.25) is 0 Å². The third-order valence-electron chi connectivity index (χ3n) is 4.16. The number of nitrogens with zero attached hydrogens (tertiary/aromatic N) is 1. The smallest absolute Gasteiger partial charge is 0.152 e. The first kappa shape index (κ1) is 13.3. The maximum atomic E-state index is 11.5. The molecular formula is C12H24N2O2S. The van der Waals surface area contributed by atoms with Crippen molar-refractivity contribution in [1.82, 2.24) is 10.2 Å². The number of nitrogens with one attached hydrogen (secondary N) is 1. The molecule has 0 aromatic carbocycles. The number of sulfone groups is 1. The fourth-order valence-electron chi connectivity index (χ4n) is 2.81. The van der Waals surface area contributed by atoms with Gasteiger partial charge in [-0.25, -0.2) is 8.42 Å². The molecule has 1 N–H and O–H groups in total. The molecule has 1 unspecified atom stereocenters. The Balaban J connectivity index is 1.79. The van der Waals surface area contributed by atoms with Crippen molar-refractivity contribution in [2.45, 2.75) is 31.7 Å². The van der Waals surface area contributed by atoms with Gasteiger partial charge >= 0.3 is 0 Å². The lowest BCUT2D eigenvalue weighted by atomic mass is 9.94. The molecule has 4 nitrogen and oxygen atoms in total. The molecule has 100 valence electrons. The average molecular weight is 260 g/mol. The summed E-state index contributed by atoms with van der Waals surface area (Å²) in [5.74, 6) is 1.38. The van der Waals surface area contributed by atoms with E-state index in [1.54, 1.807) is 0 Å². The van der Waals surface area contributed by atoms with Gasteiger partial charge in [-0.05, 0) is 58.8 Å². The predicted molar refractivity (Wildman–Crippen MR) is 69.9 cm³/mol. The molecule has 2 saturated heterocycles. The molecule has 0 saturated carbocycles. The number of rotatable bonds is 3. The van der Waals surface area contributed by atoms with E-state index in [9.17, 15) is 8.42 Å². The molecule has 17 heavy (non-hydrogen) atoms. The summed E-state index contributed by atoms with van der Waals surface area (Å²) in [6.45, 7) is 5.36. The molecule has 2 rings (SSSR count). The minimum Gasteiger partial charge on any atom is -0.310 e. The van der Waals surface area contributed by atoms with Crippen LogP contribution >= 0.6 is 0 Å². The first-order chi connectivity index (χ1) is 7.89. The number of piperidine rings is 1. The van der Waals surface area contributed by atoms with Crippen LogP contribution in [0.5, 0.6) is 0 Å². The van der Waals surface area contributed by atoms with Crippen molar-refractivity contribution in [1.29, 1.82) is 0 Å². The Hall–Kier alpha value is -0.130. The second-order valence-electron chi connectivity index (χ2n) is 6.03.